The van der Waals surface area contributed by atoms with Crippen LogP contribution in [0.4, 0.5) is 0 Å². The second-order valence-corrected chi connectivity index (χ2v) is 11.0. The fourth-order valence-corrected chi connectivity index (χ4v) is 9.70. The second-order valence-electron chi connectivity index (χ2n) is 3.79. The first-order chi connectivity index (χ1) is 11.1. The van der Waals surface area contributed by atoms with E-state index in [1.807, 2.05) is 0 Å². The van der Waals surface area contributed by atoms with E-state index in [-0.39, 0.29) is 26.4 Å². The average Bonchev–Trinajstić information content (AvgIpc) is 2.35. The first kappa shape index (κ1) is 22.6. The zero-order chi connectivity index (χ0) is 18.5. The first-order valence-corrected chi connectivity index (χ1v) is 12.7. The average molecular weight is 432 g/mol. The van der Waals surface area contributed by atoms with Crippen molar-refractivity contribution in [3.8, 4) is 0 Å². The fraction of sp³-hybridized carbons (Fsp3) is 1.00. The van der Waals surface area contributed by atoms with Gasteiger partial charge in [0.25, 0.3) is 0 Å². The Bertz CT molecular complexity index is 562. The number of hydrogen-bond donors (Lipinski definition) is 0. The highest BCUT2D eigenvalue weighted by Gasteiger charge is 2.59. The molecule has 24 heavy (non-hydrogen) atoms. The van der Waals surface area contributed by atoms with Gasteiger partial charge in [-0.25, -0.2) is 18.3 Å². The molecule has 1 aliphatic heterocycles. The quantitative estimate of drug-likeness (QED) is 0.444. The Kier molecular flexibility index (Phi) is 8.49. The van der Waals surface area contributed by atoms with Gasteiger partial charge in [0, 0.05) is 0 Å². The van der Waals surface area contributed by atoms with E-state index in [0.29, 0.717) is 0 Å². The van der Waals surface area contributed by atoms with Crippen molar-refractivity contribution in [2.75, 3.05) is 26.4 Å². The molecule has 0 spiro atoms. The van der Waals surface area contributed by atoms with Crippen molar-refractivity contribution >= 4 is 31.3 Å². The lowest BCUT2D eigenvalue weighted by atomic mass is 10.9. The highest BCUT2D eigenvalue weighted by molar-refractivity contribution is 7.77. The molecular formula is C8H20O12P4. The van der Waals surface area contributed by atoms with Gasteiger partial charge >= 0.3 is 31.3 Å². The monoisotopic (exact) mass is 432 g/mol. The third-order valence-electron chi connectivity index (χ3n) is 1.95. The molecule has 144 valence electrons. The summed E-state index contributed by atoms with van der Waals surface area (Å²) < 4.78 is 86.9. The van der Waals surface area contributed by atoms with Crippen LogP contribution in [-0.4, -0.2) is 26.4 Å². The smallest absolute Gasteiger partial charge is 0.287 e. The summed E-state index contributed by atoms with van der Waals surface area (Å²) in [5.74, 6) is 0. The lowest BCUT2D eigenvalue weighted by molar-refractivity contribution is 0.109. The van der Waals surface area contributed by atoms with Crippen molar-refractivity contribution in [3.05, 3.63) is 0 Å². The molecular weight excluding hydrogens is 412 g/mol. The zero-order valence-electron chi connectivity index (χ0n) is 13.5. The van der Waals surface area contributed by atoms with Gasteiger partial charge in [0.05, 0.1) is 26.4 Å². The first-order valence-electron chi connectivity index (χ1n) is 6.90. The summed E-state index contributed by atoms with van der Waals surface area (Å²) in [6.45, 7) is 5.07. The van der Waals surface area contributed by atoms with E-state index in [4.69, 9.17) is 18.1 Å². The summed E-state index contributed by atoms with van der Waals surface area (Å²) in [6.07, 6.45) is 0. The van der Waals surface area contributed by atoms with Gasteiger partial charge in [-0.15, -0.1) is 0 Å². The van der Waals surface area contributed by atoms with Gasteiger partial charge in [-0.1, -0.05) is 0 Å². The molecule has 0 N–H and O–H groups in total. The largest absolute Gasteiger partial charge is 0.501 e. The molecule has 2 unspecified atom stereocenters. The van der Waals surface area contributed by atoms with Crippen LogP contribution in [0.3, 0.4) is 0 Å². The molecule has 0 amide bonds. The fourth-order valence-electron chi connectivity index (χ4n) is 1.38. The molecule has 16 heteroatoms. The Balaban J connectivity index is 3.17. The minimum absolute atomic E-state index is 0.139. The van der Waals surface area contributed by atoms with Crippen LogP contribution in [0, 0.1) is 0 Å². The van der Waals surface area contributed by atoms with Crippen LogP contribution < -0.4 is 0 Å². The number of hydrogen-bond acceptors (Lipinski definition) is 12. The van der Waals surface area contributed by atoms with Crippen molar-refractivity contribution in [1.82, 2.24) is 0 Å². The molecule has 0 aromatic heterocycles. The van der Waals surface area contributed by atoms with Crippen molar-refractivity contribution in [2.45, 2.75) is 27.7 Å². The van der Waals surface area contributed by atoms with E-state index in [2.05, 4.69) is 17.2 Å². The van der Waals surface area contributed by atoms with Crippen molar-refractivity contribution in [1.29, 1.82) is 0 Å². The van der Waals surface area contributed by atoms with Gasteiger partial charge < -0.3 is 0 Å². The van der Waals surface area contributed by atoms with Crippen molar-refractivity contribution in [2.24, 2.45) is 0 Å². The van der Waals surface area contributed by atoms with E-state index in [1.165, 1.54) is 27.7 Å². The van der Waals surface area contributed by atoms with Crippen LogP contribution in [0.25, 0.3) is 0 Å². The third-order valence-corrected chi connectivity index (χ3v) is 10.6. The van der Waals surface area contributed by atoms with Crippen LogP contribution in [0.1, 0.15) is 27.7 Å². The minimum Gasteiger partial charge on any atom is -0.287 e. The topological polar surface area (TPSA) is 142 Å². The molecule has 1 fully saturated rings. The Labute approximate surface area is 139 Å². The van der Waals surface area contributed by atoms with Gasteiger partial charge in [-0.3, -0.25) is 18.1 Å². The minimum atomic E-state index is -5.01. The summed E-state index contributed by atoms with van der Waals surface area (Å²) in [5.41, 5.74) is 0. The highest BCUT2D eigenvalue weighted by atomic mass is 31.3. The molecule has 2 atom stereocenters. The van der Waals surface area contributed by atoms with E-state index in [9.17, 15) is 18.3 Å². The summed E-state index contributed by atoms with van der Waals surface area (Å²) >= 11 is 0. The van der Waals surface area contributed by atoms with Crippen LogP contribution in [0.5, 0.6) is 0 Å². The number of phosphoric acid groups is 4. The molecule has 1 heterocycles. The van der Waals surface area contributed by atoms with E-state index < -0.39 is 31.3 Å². The molecule has 0 aliphatic carbocycles. The van der Waals surface area contributed by atoms with E-state index >= 15 is 0 Å². The maximum absolute atomic E-state index is 12.6. The zero-order valence-corrected chi connectivity index (χ0v) is 17.1. The van der Waals surface area contributed by atoms with Gasteiger partial charge in [0.1, 0.15) is 0 Å². The molecule has 1 rings (SSSR count). The number of rotatable bonds is 10. The van der Waals surface area contributed by atoms with Crippen molar-refractivity contribution < 1.29 is 53.6 Å². The molecule has 0 radical (unpaired) electrons. The van der Waals surface area contributed by atoms with Gasteiger partial charge in [-0.05, 0) is 27.7 Å². The third kappa shape index (κ3) is 6.40. The van der Waals surface area contributed by atoms with E-state index in [1.54, 1.807) is 0 Å². The van der Waals surface area contributed by atoms with Gasteiger partial charge in [0.2, 0.25) is 0 Å². The highest BCUT2D eigenvalue weighted by Crippen LogP contribution is 2.85. The predicted octanol–water partition coefficient (Wildman–Crippen LogP) is 4.64. The summed E-state index contributed by atoms with van der Waals surface area (Å²) in [6, 6.07) is 0. The predicted molar refractivity (Wildman–Crippen MR) is 81.3 cm³/mol. The van der Waals surface area contributed by atoms with Crippen LogP contribution in [-0.2, 0) is 53.6 Å². The van der Waals surface area contributed by atoms with Gasteiger partial charge in [-0.2, -0.15) is 17.2 Å². The molecule has 1 saturated heterocycles. The number of phosphoric ester groups is 1. The maximum atomic E-state index is 12.6. The van der Waals surface area contributed by atoms with Crippen LogP contribution >= 0.6 is 31.3 Å². The maximum Gasteiger partial charge on any atom is 0.501 e. The van der Waals surface area contributed by atoms with Crippen molar-refractivity contribution in [3.63, 3.8) is 0 Å². The Morgan fingerprint density at radius 1 is 0.708 bits per heavy atom. The van der Waals surface area contributed by atoms with E-state index in [0.717, 1.165) is 0 Å². The summed E-state index contributed by atoms with van der Waals surface area (Å²) in [7, 11) is -18.7. The summed E-state index contributed by atoms with van der Waals surface area (Å²) in [5, 5.41) is 0. The van der Waals surface area contributed by atoms with Crippen LogP contribution in [0.2, 0.25) is 0 Å². The lowest BCUT2D eigenvalue weighted by Crippen LogP contribution is -2.11. The molecule has 0 aromatic rings. The Morgan fingerprint density at radius 2 is 1.08 bits per heavy atom. The lowest BCUT2D eigenvalue weighted by Gasteiger charge is -2.31. The molecule has 0 aromatic carbocycles. The SMILES string of the molecule is CCOP(=O)(OCC)OP1(=O)OP(=O)(OCC)OP(=O)(OCC)O1. The van der Waals surface area contributed by atoms with Crippen LogP contribution in [0.15, 0.2) is 0 Å². The normalized spacial score (nSPS) is 34.3. The molecule has 0 saturated carbocycles. The summed E-state index contributed by atoms with van der Waals surface area (Å²) in [4.78, 5) is 0. The molecule has 0 bridgehead atoms. The molecule has 1 aliphatic rings. The Hall–Kier alpha value is 0.600. The second kappa shape index (κ2) is 9.00. The Morgan fingerprint density at radius 3 is 1.42 bits per heavy atom. The molecule has 12 nitrogen and oxygen atoms in total. The van der Waals surface area contributed by atoms with Gasteiger partial charge in [0.15, 0.2) is 0 Å². The standard InChI is InChI=1S/C8H20O12P4/c1-5-13-21(9,14-6-2)17-24(12)19-22(10,15-7-3)18-23(11,20-24)16-8-4/h5-8H2,1-4H3.